The van der Waals surface area contributed by atoms with Crippen LogP contribution in [0.2, 0.25) is 0 Å². The Labute approximate surface area is 142 Å². The number of ether oxygens (including phenoxy) is 1. The van der Waals surface area contributed by atoms with E-state index in [1.165, 1.54) is 37.1 Å². The highest BCUT2D eigenvalue weighted by atomic mass is 16.5. The second-order valence-corrected chi connectivity index (χ2v) is 7.92. The van der Waals surface area contributed by atoms with Crippen LogP contribution in [-0.4, -0.2) is 38.2 Å². The van der Waals surface area contributed by atoms with Gasteiger partial charge >= 0.3 is 0 Å². The molecule has 0 amide bonds. The van der Waals surface area contributed by atoms with Crippen LogP contribution in [0, 0.1) is 5.92 Å². The first-order valence-corrected chi connectivity index (χ1v) is 9.02. The molecule has 1 heterocycles. The van der Waals surface area contributed by atoms with Crippen LogP contribution >= 0.6 is 0 Å². The minimum absolute atomic E-state index is 0.144. The Kier molecular flexibility index (Phi) is 6.10. The van der Waals surface area contributed by atoms with Crippen molar-refractivity contribution in [1.29, 1.82) is 0 Å². The summed E-state index contributed by atoms with van der Waals surface area (Å²) in [5.41, 5.74) is 9.05. The maximum absolute atomic E-state index is 6.23. The average molecular weight is 319 g/mol. The molecule has 1 aliphatic heterocycles. The zero-order valence-electron chi connectivity index (χ0n) is 15.6. The topological polar surface area (TPSA) is 38.5 Å². The van der Waals surface area contributed by atoms with E-state index >= 15 is 0 Å². The summed E-state index contributed by atoms with van der Waals surface area (Å²) in [5, 5.41) is 0. The van der Waals surface area contributed by atoms with Crippen LogP contribution in [0.5, 0.6) is 5.75 Å². The summed E-state index contributed by atoms with van der Waals surface area (Å²) in [7, 11) is 2.21. The second kappa shape index (κ2) is 7.67. The van der Waals surface area contributed by atoms with Gasteiger partial charge in [-0.1, -0.05) is 32.9 Å². The van der Waals surface area contributed by atoms with Crippen molar-refractivity contribution in [3.8, 4) is 5.75 Å². The standard InChI is InChI=1S/C20H34N2O/c1-6-23-19-8-7-16(20(2,3)4)13-17(19)18(14-21)15-9-11-22(5)12-10-15/h7-8,13,15,18H,6,9-12,14,21H2,1-5H3. The maximum Gasteiger partial charge on any atom is 0.122 e. The highest BCUT2D eigenvalue weighted by molar-refractivity contribution is 5.42. The van der Waals surface area contributed by atoms with E-state index in [1.807, 2.05) is 0 Å². The van der Waals surface area contributed by atoms with Gasteiger partial charge in [-0.3, -0.25) is 0 Å². The quantitative estimate of drug-likeness (QED) is 0.898. The summed E-state index contributed by atoms with van der Waals surface area (Å²) >= 11 is 0. The largest absolute Gasteiger partial charge is 0.494 e. The Balaban J connectivity index is 2.35. The number of nitrogens with two attached hydrogens (primary N) is 1. The molecule has 130 valence electrons. The van der Waals surface area contributed by atoms with Gasteiger partial charge in [-0.25, -0.2) is 0 Å². The molecule has 0 aromatic heterocycles. The third-order valence-electron chi connectivity index (χ3n) is 5.16. The van der Waals surface area contributed by atoms with Crippen LogP contribution in [0.1, 0.15) is 57.6 Å². The molecule has 0 radical (unpaired) electrons. The molecule has 2 rings (SSSR count). The second-order valence-electron chi connectivity index (χ2n) is 7.92. The highest BCUT2D eigenvalue weighted by Gasteiger charge is 2.29. The van der Waals surface area contributed by atoms with Crippen molar-refractivity contribution >= 4 is 0 Å². The number of hydrogen-bond donors (Lipinski definition) is 1. The Bertz CT molecular complexity index is 499. The minimum atomic E-state index is 0.144. The molecule has 1 saturated heterocycles. The lowest BCUT2D eigenvalue weighted by atomic mass is 9.77. The van der Waals surface area contributed by atoms with E-state index < -0.39 is 0 Å². The van der Waals surface area contributed by atoms with Gasteiger partial charge in [0.25, 0.3) is 0 Å². The van der Waals surface area contributed by atoms with Crippen LogP contribution in [0.4, 0.5) is 0 Å². The number of likely N-dealkylation sites (tertiary alicyclic amines) is 1. The van der Waals surface area contributed by atoms with E-state index in [9.17, 15) is 0 Å². The van der Waals surface area contributed by atoms with Gasteiger partial charge in [-0.15, -0.1) is 0 Å². The number of nitrogens with zero attached hydrogens (tertiary/aromatic N) is 1. The van der Waals surface area contributed by atoms with Gasteiger partial charge in [-0.2, -0.15) is 0 Å². The molecular formula is C20H34N2O. The van der Waals surface area contributed by atoms with Gasteiger partial charge in [0.1, 0.15) is 5.75 Å². The minimum Gasteiger partial charge on any atom is -0.494 e. The fraction of sp³-hybridized carbons (Fsp3) is 0.700. The first-order valence-electron chi connectivity index (χ1n) is 9.02. The lowest BCUT2D eigenvalue weighted by molar-refractivity contribution is 0.197. The molecule has 1 aromatic carbocycles. The van der Waals surface area contributed by atoms with Crippen LogP contribution in [0.15, 0.2) is 18.2 Å². The molecule has 0 aliphatic carbocycles. The van der Waals surface area contributed by atoms with Gasteiger partial charge in [0, 0.05) is 5.92 Å². The van der Waals surface area contributed by atoms with Crippen molar-refractivity contribution in [3.63, 3.8) is 0 Å². The van der Waals surface area contributed by atoms with Crippen molar-refractivity contribution in [1.82, 2.24) is 4.90 Å². The summed E-state index contributed by atoms with van der Waals surface area (Å²) in [6.45, 7) is 12.6. The molecule has 1 aliphatic rings. The van der Waals surface area contributed by atoms with E-state index in [0.717, 1.165) is 5.75 Å². The van der Waals surface area contributed by atoms with Gasteiger partial charge < -0.3 is 15.4 Å². The maximum atomic E-state index is 6.23. The van der Waals surface area contributed by atoms with E-state index in [4.69, 9.17) is 10.5 Å². The van der Waals surface area contributed by atoms with Crippen LogP contribution < -0.4 is 10.5 Å². The number of benzene rings is 1. The van der Waals surface area contributed by atoms with Crippen molar-refractivity contribution in [2.45, 2.75) is 51.9 Å². The highest BCUT2D eigenvalue weighted by Crippen LogP contribution is 2.38. The van der Waals surface area contributed by atoms with Crippen LogP contribution in [-0.2, 0) is 5.41 Å². The van der Waals surface area contributed by atoms with Gasteiger partial charge in [0.15, 0.2) is 0 Å². The van der Waals surface area contributed by atoms with Crippen molar-refractivity contribution < 1.29 is 4.74 Å². The smallest absolute Gasteiger partial charge is 0.122 e. The zero-order valence-corrected chi connectivity index (χ0v) is 15.6. The molecule has 1 fully saturated rings. The molecule has 1 atom stereocenters. The normalized spacial score (nSPS) is 18.9. The predicted molar refractivity (Wildman–Crippen MR) is 98.3 cm³/mol. The predicted octanol–water partition coefficient (Wildman–Crippen LogP) is 3.77. The lowest BCUT2D eigenvalue weighted by Crippen LogP contribution is -2.35. The molecule has 0 spiro atoms. The molecule has 0 bridgehead atoms. The van der Waals surface area contributed by atoms with Crippen molar-refractivity contribution in [3.05, 3.63) is 29.3 Å². The summed E-state index contributed by atoms with van der Waals surface area (Å²) in [6, 6.07) is 6.70. The van der Waals surface area contributed by atoms with Crippen LogP contribution in [0.25, 0.3) is 0 Å². The van der Waals surface area contributed by atoms with E-state index in [0.29, 0.717) is 25.0 Å². The summed E-state index contributed by atoms with van der Waals surface area (Å²) in [5.74, 6) is 2.08. The van der Waals surface area contributed by atoms with E-state index in [2.05, 4.69) is 57.8 Å². The first-order chi connectivity index (χ1) is 10.9. The molecule has 3 nitrogen and oxygen atoms in total. The number of rotatable bonds is 5. The molecule has 1 unspecified atom stereocenters. The fourth-order valence-electron chi connectivity index (χ4n) is 3.60. The molecular weight excluding hydrogens is 284 g/mol. The third kappa shape index (κ3) is 4.48. The molecule has 0 saturated carbocycles. The first kappa shape index (κ1) is 18.3. The Morgan fingerprint density at radius 2 is 1.91 bits per heavy atom. The molecule has 2 N–H and O–H groups in total. The Morgan fingerprint density at radius 3 is 2.43 bits per heavy atom. The molecule has 3 heteroatoms. The SMILES string of the molecule is CCOc1ccc(C(C)(C)C)cc1C(CN)C1CCN(C)CC1. The molecule has 1 aromatic rings. The average Bonchev–Trinajstić information content (AvgIpc) is 2.50. The van der Waals surface area contributed by atoms with Crippen LogP contribution in [0.3, 0.4) is 0 Å². The summed E-state index contributed by atoms with van der Waals surface area (Å²) < 4.78 is 5.93. The summed E-state index contributed by atoms with van der Waals surface area (Å²) in [6.07, 6.45) is 2.45. The van der Waals surface area contributed by atoms with E-state index in [1.54, 1.807) is 0 Å². The molecule has 23 heavy (non-hydrogen) atoms. The fourth-order valence-corrected chi connectivity index (χ4v) is 3.60. The summed E-state index contributed by atoms with van der Waals surface area (Å²) in [4.78, 5) is 2.42. The Hall–Kier alpha value is -1.06. The number of hydrogen-bond acceptors (Lipinski definition) is 3. The monoisotopic (exact) mass is 318 g/mol. The lowest BCUT2D eigenvalue weighted by Gasteiger charge is -2.35. The van der Waals surface area contributed by atoms with E-state index in [-0.39, 0.29) is 5.41 Å². The van der Waals surface area contributed by atoms with Crippen molar-refractivity contribution in [2.75, 3.05) is 33.3 Å². The third-order valence-corrected chi connectivity index (χ3v) is 5.16. The van der Waals surface area contributed by atoms with Gasteiger partial charge in [0.2, 0.25) is 0 Å². The zero-order chi connectivity index (χ0) is 17.0. The van der Waals surface area contributed by atoms with Gasteiger partial charge in [0.05, 0.1) is 6.61 Å². The number of piperidine rings is 1. The van der Waals surface area contributed by atoms with Gasteiger partial charge in [-0.05, 0) is 75.0 Å². The van der Waals surface area contributed by atoms with Crippen molar-refractivity contribution in [2.24, 2.45) is 11.7 Å². The Morgan fingerprint density at radius 1 is 1.26 bits per heavy atom.